The second-order valence-electron chi connectivity index (χ2n) is 5.32. The summed E-state index contributed by atoms with van der Waals surface area (Å²) in [5.74, 6) is -1.34. The van der Waals surface area contributed by atoms with Crippen LogP contribution in [0.25, 0.3) is 0 Å². The predicted octanol–water partition coefficient (Wildman–Crippen LogP) is 3.26. The minimum Gasteiger partial charge on any atom is -0.326 e. The Morgan fingerprint density at radius 3 is 2.48 bits per heavy atom. The van der Waals surface area contributed by atoms with Gasteiger partial charge in [-0.1, -0.05) is 17.7 Å². The molecule has 0 aromatic heterocycles. The summed E-state index contributed by atoms with van der Waals surface area (Å²) in [6.07, 6.45) is 1.01. The van der Waals surface area contributed by atoms with Crippen molar-refractivity contribution in [2.24, 2.45) is 5.10 Å². The smallest absolute Gasteiger partial charge is 0.288 e. The molecule has 0 fully saturated rings. The lowest BCUT2D eigenvalue weighted by atomic mass is 10.2. The minimum absolute atomic E-state index is 0.00616. The molecule has 0 aliphatic heterocycles. The Balaban J connectivity index is 1.79. The molecular formula is C17H14ClFN4O4. The van der Waals surface area contributed by atoms with E-state index in [0.29, 0.717) is 11.3 Å². The van der Waals surface area contributed by atoms with Gasteiger partial charge < -0.3 is 5.32 Å². The molecular weight excluding hydrogens is 379 g/mol. The number of nitrogens with one attached hydrogen (secondary N) is 2. The molecule has 0 bridgehead atoms. The van der Waals surface area contributed by atoms with Gasteiger partial charge in [-0.05, 0) is 30.3 Å². The predicted molar refractivity (Wildman–Crippen MR) is 98.1 cm³/mol. The van der Waals surface area contributed by atoms with Crippen LogP contribution in [-0.4, -0.2) is 23.0 Å². The van der Waals surface area contributed by atoms with E-state index >= 15 is 0 Å². The van der Waals surface area contributed by atoms with Gasteiger partial charge in [0.2, 0.25) is 11.8 Å². The lowest BCUT2D eigenvalue weighted by Crippen LogP contribution is -2.20. The Bertz CT molecular complexity index is 887. The first-order valence-electron chi connectivity index (χ1n) is 7.66. The van der Waals surface area contributed by atoms with Crippen LogP contribution in [0.1, 0.15) is 18.4 Å². The summed E-state index contributed by atoms with van der Waals surface area (Å²) in [5, 5.41) is 17.0. The van der Waals surface area contributed by atoms with E-state index in [1.165, 1.54) is 48.7 Å². The Morgan fingerprint density at radius 1 is 1.15 bits per heavy atom. The highest BCUT2D eigenvalue weighted by Crippen LogP contribution is 2.24. The van der Waals surface area contributed by atoms with Crippen LogP contribution in [0.3, 0.4) is 0 Å². The summed E-state index contributed by atoms with van der Waals surface area (Å²) in [7, 11) is 0. The first-order chi connectivity index (χ1) is 12.8. The molecule has 0 aliphatic carbocycles. The average Bonchev–Trinajstić information content (AvgIpc) is 2.63. The maximum absolute atomic E-state index is 12.8. The van der Waals surface area contributed by atoms with Crippen molar-refractivity contribution in [3.8, 4) is 0 Å². The number of hydrogen-bond acceptors (Lipinski definition) is 5. The van der Waals surface area contributed by atoms with Crippen LogP contribution in [0.4, 0.5) is 15.8 Å². The van der Waals surface area contributed by atoms with Gasteiger partial charge in [0.25, 0.3) is 5.69 Å². The van der Waals surface area contributed by atoms with Crippen molar-refractivity contribution in [3.05, 3.63) is 69.0 Å². The number of anilines is 1. The van der Waals surface area contributed by atoms with Crippen molar-refractivity contribution in [1.82, 2.24) is 5.43 Å². The van der Waals surface area contributed by atoms with Gasteiger partial charge in [-0.15, -0.1) is 0 Å². The fraction of sp³-hybridized carbons (Fsp3) is 0.118. The second kappa shape index (κ2) is 9.39. The largest absolute Gasteiger partial charge is 0.326 e. The summed E-state index contributed by atoms with van der Waals surface area (Å²) < 4.78 is 12.8. The van der Waals surface area contributed by atoms with Gasteiger partial charge in [-0.2, -0.15) is 5.10 Å². The molecule has 0 saturated carbocycles. The van der Waals surface area contributed by atoms with Gasteiger partial charge in [-0.3, -0.25) is 19.7 Å². The number of hydrazone groups is 1. The van der Waals surface area contributed by atoms with Gasteiger partial charge in [-0.25, -0.2) is 9.82 Å². The number of nitro benzene ring substituents is 1. The van der Waals surface area contributed by atoms with Crippen molar-refractivity contribution in [2.75, 3.05) is 5.32 Å². The van der Waals surface area contributed by atoms with Crippen LogP contribution in [0.15, 0.2) is 47.6 Å². The molecule has 10 heteroatoms. The number of amides is 2. The van der Waals surface area contributed by atoms with Gasteiger partial charge in [0.05, 0.1) is 11.1 Å². The van der Waals surface area contributed by atoms with E-state index in [0.717, 1.165) is 0 Å². The molecule has 2 rings (SSSR count). The molecule has 0 spiro atoms. The van der Waals surface area contributed by atoms with Crippen molar-refractivity contribution >= 4 is 41.0 Å². The highest BCUT2D eigenvalue weighted by Gasteiger charge is 2.12. The normalized spacial score (nSPS) is 10.6. The van der Waals surface area contributed by atoms with E-state index in [9.17, 15) is 24.1 Å². The van der Waals surface area contributed by atoms with E-state index < -0.39 is 22.6 Å². The number of carbonyl (C=O) groups excluding carboxylic acids is 2. The van der Waals surface area contributed by atoms with Crippen LogP contribution >= 0.6 is 11.6 Å². The number of carbonyl (C=O) groups is 2. The first-order valence-corrected chi connectivity index (χ1v) is 8.04. The molecule has 0 unspecified atom stereocenters. The van der Waals surface area contributed by atoms with E-state index in [-0.39, 0.29) is 23.6 Å². The van der Waals surface area contributed by atoms with E-state index in [2.05, 4.69) is 15.8 Å². The van der Waals surface area contributed by atoms with Crippen molar-refractivity contribution in [1.29, 1.82) is 0 Å². The number of nitro groups is 1. The van der Waals surface area contributed by atoms with Crippen LogP contribution in [0.5, 0.6) is 0 Å². The maximum Gasteiger partial charge on any atom is 0.288 e. The third-order valence-corrected chi connectivity index (χ3v) is 3.60. The summed E-state index contributed by atoms with van der Waals surface area (Å²) in [4.78, 5) is 33.6. The summed E-state index contributed by atoms with van der Waals surface area (Å²) in [6.45, 7) is 0. The molecule has 0 atom stereocenters. The average molecular weight is 393 g/mol. The molecule has 2 aromatic rings. The van der Waals surface area contributed by atoms with E-state index in [4.69, 9.17) is 11.6 Å². The standard InChI is InChI=1S/C17H14ClFN4O4/c18-14-6-1-11(9-15(14)23(26)27)10-20-22-17(25)8-7-16(24)21-13-4-2-12(19)3-5-13/h1-6,9-10H,7-8H2,(H,21,24)(H,22,25). The molecule has 0 heterocycles. The zero-order valence-electron chi connectivity index (χ0n) is 13.8. The lowest BCUT2D eigenvalue weighted by Gasteiger charge is -2.04. The minimum atomic E-state index is -0.627. The highest BCUT2D eigenvalue weighted by atomic mass is 35.5. The van der Waals surface area contributed by atoms with Gasteiger partial charge in [0.15, 0.2) is 0 Å². The highest BCUT2D eigenvalue weighted by molar-refractivity contribution is 6.32. The summed E-state index contributed by atoms with van der Waals surface area (Å²) >= 11 is 5.70. The molecule has 0 radical (unpaired) electrons. The Labute approximate surface area is 158 Å². The zero-order chi connectivity index (χ0) is 19.8. The van der Waals surface area contributed by atoms with Crippen LogP contribution in [0, 0.1) is 15.9 Å². The van der Waals surface area contributed by atoms with Crippen molar-refractivity contribution in [3.63, 3.8) is 0 Å². The van der Waals surface area contributed by atoms with Crippen molar-refractivity contribution < 1.29 is 18.9 Å². The van der Waals surface area contributed by atoms with E-state index in [1.54, 1.807) is 0 Å². The molecule has 0 saturated heterocycles. The van der Waals surface area contributed by atoms with Gasteiger partial charge >= 0.3 is 0 Å². The van der Waals surface area contributed by atoms with Crippen molar-refractivity contribution in [2.45, 2.75) is 12.8 Å². The van der Waals surface area contributed by atoms with Crippen LogP contribution < -0.4 is 10.7 Å². The molecule has 8 nitrogen and oxygen atoms in total. The Morgan fingerprint density at radius 2 is 1.81 bits per heavy atom. The third-order valence-electron chi connectivity index (χ3n) is 3.28. The summed E-state index contributed by atoms with van der Waals surface area (Å²) in [6, 6.07) is 9.29. The summed E-state index contributed by atoms with van der Waals surface area (Å²) in [5.41, 5.74) is 2.74. The van der Waals surface area contributed by atoms with Crippen LogP contribution in [-0.2, 0) is 9.59 Å². The zero-order valence-corrected chi connectivity index (χ0v) is 14.6. The number of nitrogens with zero attached hydrogens (tertiary/aromatic N) is 2. The molecule has 0 aliphatic rings. The second-order valence-corrected chi connectivity index (χ2v) is 5.72. The van der Waals surface area contributed by atoms with Gasteiger partial charge in [0, 0.05) is 30.2 Å². The maximum atomic E-state index is 12.8. The molecule has 140 valence electrons. The monoisotopic (exact) mass is 392 g/mol. The molecule has 27 heavy (non-hydrogen) atoms. The molecule has 2 amide bonds. The Hall–Kier alpha value is -3.33. The number of rotatable bonds is 7. The third kappa shape index (κ3) is 6.48. The molecule has 2 aromatic carbocycles. The van der Waals surface area contributed by atoms with E-state index in [1.807, 2.05) is 0 Å². The number of halogens is 2. The van der Waals surface area contributed by atoms with Gasteiger partial charge in [0.1, 0.15) is 10.8 Å². The SMILES string of the molecule is O=C(CCC(=O)Nc1ccc(F)cc1)NN=Cc1ccc(Cl)c([N+](=O)[O-])c1. The fourth-order valence-corrected chi connectivity index (χ4v) is 2.15. The molecule has 2 N–H and O–H groups in total. The number of hydrogen-bond donors (Lipinski definition) is 2. The number of benzene rings is 2. The van der Waals surface area contributed by atoms with Crippen LogP contribution in [0.2, 0.25) is 5.02 Å². The Kier molecular flexibility index (Phi) is 6.95. The fourth-order valence-electron chi connectivity index (χ4n) is 1.97. The topological polar surface area (TPSA) is 114 Å². The lowest BCUT2D eigenvalue weighted by molar-refractivity contribution is -0.384. The quantitative estimate of drug-likeness (QED) is 0.427. The first kappa shape index (κ1) is 20.0.